The summed E-state index contributed by atoms with van der Waals surface area (Å²) in [6.45, 7) is 2.58. The Labute approximate surface area is 160 Å². The summed E-state index contributed by atoms with van der Waals surface area (Å²) in [5, 5.41) is 9.29. The van der Waals surface area contributed by atoms with E-state index in [2.05, 4.69) is 46.3 Å². The average Bonchev–Trinajstić information content (AvgIpc) is 2.86. The van der Waals surface area contributed by atoms with E-state index in [4.69, 9.17) is 0 Å². The summed E-state index contributed by atoms with van der Waals surface area (Å²) < 4.78 is 0. The largest absolute Gasteiger partial charge is 0.481 e. The SMILES string of the molecule is O=C(O)C1CCCN(CC/C=C2/c3ccccc3CCc3ccncc32)C1. The van der Waals surface area contributed by atoms with Crippen LogP contribution in [0.15, 0.2) is 48.8 Å². The predicted molar refractivity (Wildman–Crippen MR) is 107 cm³/mol. The molecule has 0 amide bonds. The standard InChI is InChI=1S/C23H26N2O2/c26-23(27)19-6-3-13-25(16-19)14-4-8-21-20-7-2-1-5-17(20)9-10-18-11-12-24-15-22(18)21/h1-2,5,7-8,11-12,15,19H,3-4,6,9-10,13-14,16H2,(H,26,27)/b21-8-. The quantitative estimate of drug-likeness (QED) is 0.899. The third-order valence-electron chi connectivity index (χ3n) is 5.82. The van der Waals surface area contributed by atoms with E-state index in [1.165, 1.54) is 27.8 Å². The van der Waals surface area contributed by atoms with Gasteiger partial charge in [-0.05, 0) is 67.0 Å². The molecule has 1 saturated heterocycles. The fourth-order valence-corrected chi connectivity index (χ4v) is 4.37. The number of aryl methyl sites for hydroxylation is 2. The number of carbonyl (C=O) groups is 1. The van der Waals surface area contributed by atoms with Crippen LogP contribution in [0, 0.1) is 5.92 Å². The highest BCUT2D eigenvalue weighted by Gasteiger charge is 2.25. The average molecular weight is 362 g/mol. The molecule has 2 aliphatic rings. The highest BCUT2D eigenvalue weighted by molar-refractivity contribution is 5.83. The molecule has 4 rings (SSSR count). The summed E-state index contributed by atoms with van der Waals surface area (Å²) >= 11 is 0. The second-order valence-electron chi connectivity index (χ2n) is 7.57. The summed E-state index contributed by atoms with van der Waals surface area (Å²) in [5.41, 5.74) is 6.58. The van der Waals surface area contributed by atoms with Crippen molar-refractivity contribution in [2.24, 2.45) is 5.92 Å². The van der Waals surface area contributed by atoms with Gasteiger partial charge in [-0.3, -0.25) is 9.78 Å². The van der Waals surface area contributed by atoms with Gasteiger partial charge in [0.05, 0.1) is 5.92 Å². The molecule has 0 spiro atoms. The van der Waals surface area contributed by atoms with Gasteiger partial charge in [0, 0.05) is 31.0 Å². The number of carboxylic acid groups (broad SMARTS) is 1. The second kappa shape index (κ2) is 8.05. The van der Waals surface area contributed by atoms with Crippen LogP contribution in [-0.4, -0.2) is 40.6 Å². The molecule has 2 aromatic rings. The molecule has 1 unspecified atom stereocenters. The fourth-order valence-electron chi connectivity index (χ4n) is 4.37. The van der Waals surface area contributed by atoms with Crippen LogP contribution < -0.4 is 0 Å². The van der Waals surface area contributed by atoms with E-state index in [0.717, 1.165) is 45.2 Å². The van der Waals surface area contributed by atoms with Crippen LogP contribution in [0.2, 0.25) is 0 Å². The molecule has 1 aromatic carbocycles. The number of hydrogen-bond donors (Lipinski definition) is 1. The molecule has 1 fully saturated rings. The second-order valence-corrected chi connectivity index (χ2v) is 7.57. The Balaban J connectivity index is 1.56. The van der Waals surface area contributed by atoms with Crippen molar-refractivity contribution in [3.8, 4) is 0 Å². The highest BCUT2D eigenvalue weighted by Crippen LogP contribution is 2.33. The van der Waals surface area contributed by atoms with Gasteiger partial charge in [0.1, 0.15) is 0 Å². The van der Waals surface area contributed by atoms with Crippen molar-refractivity contribution in [1.29, 1.82) is 0 Å². The molecule has 0 bridgehead atoms. The van der Waals surface area contributed by atoms with Crippen molar-refractivity contribution in [2.45, 2.75) is 32.1 Å². The van der Waals surface area contributed by atoms with Crippen LogP contribution in [0.3, 0.4) is 0 Å². The van der Waals surface area contributed by atoms with Crippen LogP contribution >= 0.6 is 0 Å². The van der Waals surface area contributed by atoms with Gasteiger partial charge in [-0.1, -0.05) is 30.3 Å². The van der Waals surface area contributed by atoms with E-state index in [0.29, 0.717) is 6.54 Å². The molecule has 1 atom stereocenters. The number of piperidine rings is 1. The van der Waals surface area contributed by atoms with Crippen LogP contribution in [0.5, 0.6) is 0 Å². The maximum Gasteiger partial charge on any atom is 0.307 e. The summed E-state index contributed by atoms with van der Waals surface area (Å²) in [6.07, 6.45) is 11.0. The number of fused-ring (bicyclic) bond motifs is 2. The number of pyridine rings is 1. The third kappa shape index (κ3) is 3.96. The van der Waals surface area contributed by atoms with Gasteiger partial charge >= 0.3 is 5.97 Å². The molecule has 0 radical (unpaired) electrons. The molecule has 0 saturated carbocycles. The first-order chi connectivity index (χ1) is 13.2. The van der Waals surface area contributed by atoms with Gasteiger partial charge in [0.25, 0.3) is 0 Å². The molecule has 27 heavy (non-hydrogen) atoms. The minimum absolute atomic E-state index is 0.213. The predicted octanol–water partition coefficient (Wildman–Crippen LogP) is 3.80. The van der Waals surface area contributed by atoms with Crippen LogP contribution in [0.4, 0.5) is 0 Å². The number of benzene rings is 1. The van der Waals surface area contributed by atoms with Crippen molar-refractivity contribution in [2.75, 3.05) is 19.6 Å². The zero-order valence-electron chi connectivity index (χ0n) is 15.6. The number of nitrogens with zero attached hydrogens (tertiary/aromatic N) is 2. The monoisotopic (exact) mass is 362 g/mol. The zero-order valence-corrected chi connectivity index (χ0v) is 15.6. The highest BCUT2D eigenvalue weighted by atomic mass is 16.4. The summed E-state index contributed by atoms with van der Waals surface area (Å²) in [6, 6.07) is 10.8. The van der Waals surface area contributed by atoms with E-state index in [9.17, 15) is 9.90 Å². The Bertz CT molecular complexity index is 809. The first-order valence-corrected chi connectivity index (χ1v) is 9.89. The van der Waals surface area contributed by atoms with Crippen LogP contribution in [-0.2, 0) is 17.6 Å². The van der Waals surface area contributed by atoms with Gasteiger partial charge in [-0.2, -0.15) is 0 Å². The van der Waals surface area contributed by atoms with E-state index < -0.39 is 5.97 Å². The first kappa shape index (κ1) is 17.9. The molecule has 1 N–H and O–H groups in total. The zero-order chi connectivity index (χ0) is 18.6. The maximum atomic E-state index is 11.3. The van der Waals surface area contributed by atoms with Crippen molar-refractivity contribution in [3.05, 3.63) is 71.1 Å². The summed E-state index contributed by atoms with van der Waals surface area (Å²) in [4.78, 5) is 18.0. The maximum absolute atomic E-state index is 11.3. The van der Waals surface area contributed by atoms with Gasteiger partial charge < -0.3 is 10.0 Å². The van der Waals surface area contributed by atoms with Crippen LogP contribution in [0.25, 0.3) is 5.57 Å². The van der Waals surface area contributed by atoms with Gasteiger partial charge in [-0.25, -0.2) is 0 Å². The van der Waals surface area contributed by atoms with Gasteiger partial charge in [-0.15, -0.1) is 0 Å². The molecule has 2 heterocycles. The topological polar surface area (TPSA) is 53.4 Å². The van der Waals surface area contributed by atoms with Crippen molar-refractivity contribution < 1.29 is 9.90 Å². The number of rotatable bonds is 4. The number of likely N-dealkylation sites (tertiary alicyclic amines) is 1. The van der Waals surface area contributed by atoms with Gasteiger partial charge in [0.2, 0.25) is 0 Å². The Morgan fingerprint density at radius 1 is 1.19 bits per heavy atom. The molecule has 4 nitrogen and oxygen atoms in total. The lowest BCUT2D eigenvalue weighted by Gasteiger charge is -2.30. The normalized spacial score (nSPS) is 21.3. The minimum atomic E-state index is -0.657. The lowest BCUT2D eigenvalue weighted by molar-refractivity contribution is -0.143. The number of hydrogen-bond acceptors (Lipinski definition) is 3. The molecule has 4 heteroatoms. The summed E-state index contributed by atoms with van der Waals surface area (Å²) in [5.74, 6) is -0.870. The van der Waals surface area contributed by atoms with Crippen molar-refractivity contribution in [3.63, 3.8) is 0 Å². The molecular weight excluding hydrogens is 336 g/mol. The van der Waals surface area contributed by atoms with Gasteiger partial charge in [0.15, 0.2) is 0 Å². The molecule has 140 valence electrons. The Kier molecular flexibility index (Phi) is 5.35. The summed E-state index contributed by atoms with van der Waals surface area (Å²) in [7, 11) is 0. The third-order valence-corrected chi connectivity index (χ3v) is 5.82. The Morgan fingerprint density at radius 2 is 2.00 bits per heavy atom. The Hall–Kier alpha value is -2.46. The first-order valence-electron chi connectivity index (χ1n) is 9.89. The molecular formula is C23H26N2O2. The number of aliphatic carboxylic acids is 1. The lowest BCUT2D eigenvalue weighted by Crippen LogP contribution is -2.39. The van der Waals surface area contributed by atoms with Crippen molar-refractivity contribution >= 4 is 11.5 Å². The molecule has 1 aliphatic carbocycles. The minimum Gasteiger partial charge on any atom is -0.481 e. The van der Waals surface area contributed by atoms with Crippen molar-refractivity contribution in [1.82, 2.24) is 9.88 Å². The number of aromatic nitrogens is 1. The fraction of sp³-hybridized carbons (Fsp3) is 0.391. The molecule has 1 aliphatic heterocycles. The number of carboxylic acids is 1. The van der Waals surface area contributed by atoms with E-state index in [-0.39, 0.29) is 5.92 Å². The van der Waals surface area contributed by atoms with E-state index in [1.54, 1.807) is 0 Å². The Morgan fingerprint density at radius 3 is 2.85 bits per heavy atom. The van der Waals surface area contributed by atoms with E-state index >= 15 is 0 Å². The van der Waals surface area contributed by atoms with Crippen LogP contribution in [0.1, 0.15) is 41.5 Å². The smallest absolute Gasteiger partial charge is 0.307 e. The van der Waals surface area contributed by atoms with E-state index in [1.807, 2.05) is 12.4 Å². The lowest BCUT2D eigenvalue weighted by atomic mass is 9.94. The molecule has 1 aromatic heterocycles.